The molecule has 0 bridgehead atoms. The van der Waals surface area contributed by atoms with E-state index in [1.807, 2.05) is 0 Å². The highest BCUT2D eigenvalue weighted by atomic mass is 19.2. The monoisotopic (exact) mass is 256 g/mol. The number of ether oxygens (including phenoxy) is 2. The SMILES string of the molecule is Fc1cc(F)c2c(c1F)Oc1c(F)cccc1O2. The van der Waals surface area contributed by atoms with Crippen LogP contribution in [-0.4, -0.2) is 0 Å². The maximum Gasteiger partial charge on any atom is 0.212 e. The van der Waals surface area contributed by atoms with Gasteiger partial charge in [0.1, 0.15) is 0 Å². The second-order valence-corrected chi connectivity index (χ2v) is 3.58. The number of halogens is 4. The molecule has 0 unspecified atom stereocenters. The van der Waals surface area contributed by atoms with Gasteiger partial charge in [-0.3, -0.25) is 0 Å². The van der Waals surface area contributed by atoms with Crippen LogP contribution in [-0.2, 0) is 0 Å². The zero-order chi connectivity index (χ0) is 12.9. The largest absolute Gasteiger partial charge is 0.446 e. The Labute approximate surface area is 98.4 Å². The molecule has 0 spiro atoms. The molecular weight excluding hydrogens is 252 g/mol. The van der Waals surface area contributed by atoms with E-state index in [0.717, 1.165) is 6.07 Å². The predicted octanol–water partition coefficient (Wildman–Crippen LogP) is 4.14. The van der Waals surface area contributed by atoms with Crippen LogP contribution in [0.2, 0.25) is 0 Å². The number of fused-ring (bicyclic) bond motifs is 2. The molecule has 18 heavy (non-hydrogen) atoms. The van der Waals surface area contributed by atoms with Crippen molar-refractivity contribution in [1.29, 1.82) is 0 Å². The summed E-state index contributed by atoms with van der Waals surface area (Å²) < 4.78 is 63.0. The molecule has 1 aliphatic heterocycles. The van der Waals surface area contributed by atoms with E-state index in [-0.39, 0.29) is 5.75 Å². The third-order valence-electron chi connectivity index (χ3n) is 2.43. The van der Waals surface area contributed by atoms with Crippen LogP contribution in [0.5, 0.6) is 23.0 Å². The summed E-state index contributed by atoms with van der Waals surface area (Å²) in [6, 6.07) is 4.03. The van der Waals surface area contributed by atoms with Crippen LogP contribution in [0, 0.1) is 23.3 Å². The smallest absolute Gasteiger partial charge is 0.212 e. The minimum Gasteiger partial charge on any atom is -0.446 e. The Bertz CT molecular complexity index is 655. The standard InChI is InChI=1S/C12H4F4O2/c13-5-2-1-3-8-10(5)18-12-9(16)6(14)4-7(15)11(12)17-8/h1-4H. The molecule has 6 heteroatoms. The fourth-order valence-corrected chi connectivity index (χ4v) is 1.62. The lowest BCUT2D eigenvalue weighted by molar-refractivity contribution is 0.305. The van der Waals surface area contributed by atoms with E-state index >= 15 is 0 Å². The Hall–Kier alpha value is -2.24. The van der Waals surface area contributed by atoms with Gasteiger partial charge in [0, 0.05) is 6.07 Å². The minimum atomic E-state index is -1.44. The maximum atomic E-state index is 13.4. The Morgan fingerprint density at radius 3 is 2.28 bits per heavy atom. The number of para-hydroxylation sites is 1. The Balaban J connectivity index is 2.23. The average molecular weight is 256 g/mol. The normalized spacial score (nSPS) is 12.2. The first kappa shape index (κ1) is 10.9. The van der Waals surface area contributed by atoms with E-state index in [4.69, 9.17) is 9.47 Å². The molecule has 2 aromatic rings. The highest BCUT2D eigenvalue weighted by molar-refractivity contribution is 5.55. The number of benzene rings is 2. The molecule has 1 heterocycles. The highest BCUT2D eigenvalue weighted by Crippen LogP contribution is 2.48. The van der Waals surface area contributed by atoms with E-state index in [0.29, 0.717) is 6.07 Å². The van der Waals surface area contributed by atoms with Crippen molar-refractivity contribution in [1.82, 2.24) is 0 Å². The molecule has 3 rings (SSSR count). The number of hydrogen-bond acceptors (Lipinski definition) is 2. The summed E-state index contributed by atoms with van der Waals surface area (Å²) in [6.45, 7) is 0. The molecule has 1 aliphatic rings. The predicted molar refractivity (Wildman–Crippen MR) is 52.9 cm³/mol. The van der Waals surface area contributed by atoms with Gasteiger partial charge in [0.05, 0.1) is 0 Å². The first-order valence-electron chi connectivity index (χ1n) is 4.89. The van der Waals surface area contributed by atoms with Crippen molar-refractivity contribution in [3.8, 4) is 23.0 Å². The van der Waals surface area contributed by atoms with Crippen molar-refractivity contribution >= 4 is 0 Å². The van der Waals surface area contributed by atoms with Crippen molar-refractivity contribution in [2.24, 2.45) is 0 Å². The zero-order valence-electron chi connectivity index (χ0n) is 8.64. The quantitative estimate of drug-likeness (QED) is 0.444. The van der Waals surface area contributed by atoms with Crippen molar-refractivity contribution < 1.29 is 27.0 Å². The lowest BCUT2D eigenvalue weighted by Gasteiger charge is -2.21. The van der Waals surface area contributed by atoms with Crippen LogP contribution in [0.3, 0.4) is 0 Å². The molecule has 0 radical (unpaired) electrons. The van der Waals surface area contributed by atoms with Crippen LogP contribution in [0.1, 0.15) is 0 Å². The highest BCUT2D eigenvalue weighted by Gasteiger charge is 2.29. The topological polar surface area (TPSA) is 18.5 Å². The Morgan fingerprint density at radius 1 is 0.722 bits per heavy atom. The van der Waals surface area contributed by atoms with Gasteiger partial charge in [-0.15, -0.1) is 0 Å². The van der Waals surface area contributed by atoms with Gasteiger partial charge in [0.2, 0.25) is 23.1 Å². The van der Waals surface area contributed by atoms with E-state index in [9.17, 15) is 17.6 Å². The van der Waals surface area contributed by atoms with Crippen molar-refractivity contribution in [3.63, 3.8) is 0 Å². The molecule has 0 fully saturated rings. The van der Waals surface area contributed by atoms with E-state index < -0.39 is 40.5 Å². The molecular formula is C12H4F4O2. The third kappa shape index (κ3) is 1.42. The van der Waals surface area contributed by atoms with Gasteiger partial charge in [0.25, 0.3) is 0 Å². The summed E-state index contributed by atoms with van der Waals surface area (Å²) in [5, 5.41) is 0. The van der Waals surface area contributed by atoms with Crippen LogP contribution in [0.15, 0.2) is 24.3 Å². The van der Waals surface area contributed by atoms with Gasteiger partial charge in [-0.1, -0.05) is 6.07 Å². The summed E-state index contributed by atoms with van der Waals surface area (Å²) >= 11 is 0. The molecule has 0 aliphatic carbocycles. The molecule has 0 amide bonds. The van der Waals surface area contributed by atoms with Crippen molar-refractivity contribution in [2.45, 2.75) is 0 Å². The maximum absolute atomic E-state index is 13.4. The molecule has 0 saturated carbocycles. The molecule has 2 aromatic carbocycles. The lowest BCUT2D eigenvalue weighted by Crippen LogP contribution is -2.06. The van der Waals surface area contributed by atoms with Crippen LogP contribution >= 0.6 is 0 Å². The fraction of sp³-hybridized carbons (Fsp3) is 0. The molecule has 2 nitrogen and oxygen atoms in total. The summed E-state index contributed by atoms with van der Waals surface area (Å²) in [4.78, 5) is 0. The first-order chi connectivity index (χ1) is 8.58. The van der Waals surface area contributed by atoms with Gasteiger partial charge in [-0.2, -0.15) is 4.39 Å². The van der Waals surface area contributed by atoms with Crippen LogP contribution in [0.4, 0.5) is 17.6 Å². The summed E-state index contributed by atoms with van der Waals surface area (Å²) in [5.41, 5.74) is 0. The van der Waals surface area contributed by atoms with Gasteiger partial charge in [-0.05, 0) is 12.1 Å². The van der Waals surface area contributed by atoms with E-state index in [2.05, 4.69) is 0 Å². The average Bonchev–Trinajstić information content (AvgIpc) is 2.35. The van der Waals surface area contributed by atoms with Crippen LogP contribution < -0.4 is 9.47 Å². The summed E-state index contributed by atoms with van der Waals surface area (Å²) in [6.07, 6.45) is 0. The van der Waals surface area contributed by atoms with Crippen molar-refractivity contribution in [2.75, 3.05) is 0 Å². The molecule has 0 atom stereocenters. The third-order valence-corrected chi connectivity index (χ3v) is 2.43. The molecule has 0 aromatic heterocycles. The van der Waals surface area contributed by atoms with Gasteiger partial charge < -0.3 is 9.47 Å². The van der Waals surface area contributed by atoms with Gasteiger partial charge in [0.15, 0.2) is 23.2 Å². The number of hydrogen-bond donors (Lipinski definition) is 0. The van der Waals surface area contributed by atoms with Gasteiger partial charge >= 0.3 is 0 Å². The van der Waals surface area contributed by atoms with Crippen LogP contribution in [0.25, 0.3) is 0 Å². The number of rotatable bonds is 0. The minimum absolute atomic E-state index is 0.104. The van der Waals surface area contributed by atoms with Gasteiger partial charge in [-0.25, -0.2) is 13.2 Å². The molecule has 0 N–H and O–H groups in total. The second kappa shape index (κ2) is 3.63. The molecule has 0 saturated heterocycles. The summed E-state index contributed by atoms with van der Waals surface area (Å²) in [7, 11) is 0. The fourth-order valence-electron chi connectivity index (χ4n) is 1.62. The first-order valence-corrected chi connectivity index (χ1v) is 4.89. The molecule has 92 valence electrons. The Kier molecular flexibility index (Phi) is 2.19. The Morgan fingerprint density at radius 2 is 1.50 bits per heavy atom. The van der Waals surface area contributed by atoms with E-state index in [1.54, 1.807) is 0 Å². The lowest BCUT2D eigenvalue weighted by atomic mass is 10.2. The van der Waals surface area contributed by atoms with E-state index in [1.165, 1.54) is 12.1 Å². The zero-order valence-corrected chi connectivity index (χ0v) is 8.64. The summed E-state index contributed by atoms with van der Waals surface area (Å²) in [5.74, 6) is -6.73. The van der Waals surface area contributed by atoms with Crippen molar-refractivity contribution in [3.05, 3.63) is 47.5 Å². The second-order valence-electron chi connectivity index (χ2n) is 3.58.